The lowest BCUT2D eigenvalue weighted by Gasteiger charge is -2.22. The van der Waals surface area contributed by atoms with Crippen LogP contribution in [0.25, 0.3) is 10.9 Å². The van der Waals surface area contributed by atoms with Crippen LogP contribution in [0.5, 0.6) is 0 Å². The molecule has 1 saturated carbocycles. The molecule has 1 aliphatic rings. The van der Waals surface area contributed by atoms with Crippen LogP contribution in [-0.4, -0.2) is 21.1 Å². The lowest BCUT2D eigenvalue weighted by Crippen LogP contribution is -2.11. The summed E-state index contributed by atoms with van der Waals surface area (Å²) in [7, 11) is 0. The van der Waals surface area contributed by atoms with Crippen LogP contribution in [-0.2, 0) is 0 Å². The zero-order valence-corrected chi connectivity index (χ0v) is 12.5. The molecule has 20 heavy (non-hydrogen) atoms. The maximum Gasteiger partial charge on any atom is 0.0895 e. The third kappa shape index (κ3) is 3.33. The Morgan fingerprint density at radius 2 is 2.00 bits per heavy atom. The summed E-state index contributed by atoms with van der Waals surface area (Å²) in [5.41, 5.74) is 1.93. The van der Waals surface area contributed by atoms with Gasteiger partial charge in [-0.3, -0.25) is 4.98 Å². The van der Waals surface area contributed by atoms with Crippen LogP contribution in [0.4, 0.5) is 0 Å². The van der Waals surface area contributed by atoms with Gasteiger partial charge < -0.3 is 5.11 Å². The van der Waals surface area contributed by atoms with Crippen molar-refractivity contribution in [1.82, 2.24) is 4.98 Å². The molecule has 1 heterocycles. The SMILES string of the molecule is OC(CSC1CCCCC1)c1cnc2ccccc2c1. The van der Waals surface area contributed by atoms with Crippen LogP contribution in [0.15, 0.2) is 36.5 Å². The average Bonchev–Trinajstić information content (AvgIpc) is 2.53. The molecule has 1 aromatic carbocycles. The molecule has 1 aromatic heterocycles. The lowest BCUT2D eigenvalue weighted by molar-refractivity contribution is 0.203. The van der Waals surface area contributed by atoms with Gasteiger partial charge in [-0.1, -0.05) is 37.5 Å². The van der Waals surface area contributed by atoms with Gasteiger partial charge in [0, 0.05) is 28.1 Å². The van der Waals surface area contributed by atoms with Crippen molar-refractivity contribution < 1.29 is 5.11 Å². The first kappa shape index (κ1) is 13.9. The van der Waals surface area contributed by atoms with Crippen LogP contribution < -0.4 is 0 Å². The predicted molar refractivity (Wildman–Crippen MR) is 86.0 cm³/mol. The Balaban J connectivity index is 1.64. The van der Waals surface area contributed by atoms with E-state index in [1.165, 1.54) is 32.1 Å². The van der Waals surface area contributed by atoms with Gasteiger partial charge in [0.1, 0.15) is 0 Å². The fourth-order valence-electron chi connectivity index (χ4n) is 2.83. The number of hydrogen-bond donors (Lipinski definition) is 1. The molecule has 2 nitrogen and oxygen atoms in total. The summed E-state index contributed by atoms with van der Waals surface area (Å²) in [6.45, 7) is 0. The summed E-state index contributed by atoms with van der Waals surface area (Å²) >= 11 is 1.93. The Morgan fingerprint density at radius 1 is 1.20 bits per heavy atom. The van der Waals surface area contributed by atoms with Crippen molar-refractivity contribution in [2.24, 2.45) is 0 Å². The van der Waals surface area contributed by atoms with Crippen LogP contribution >= 0.6 is 11.8 Å². The second-order valence-corrected chi connectivity index (χ2v) is 6.90. The molecule has 1 N–H and O–H groups in total. The minimum atomic E-state index is -0.404. The largest absolute Gasteiger partial charge is 0.387 e. The number of benzene rings is 1. The van der Waals surface area contributed by atoms with E-state index in [9.17, 15) is 5.11 Å². The predicted octanol–water partition coefficient (Wildman–Crippen LogP) is 4.33. The van der Waals surface area contributed by atoms with Gasteiger partial charge in [0.25, 0.3) is 0 Å². The second kappa shape index (κ2) is 6.59. The standard InChI is InChI=1S/C17H21NOS/c19-17(12-20-15-7-2-1-3-8-15)14-10-13-6-4-5-9-16(13)18-11-14/h4-6,9-11,15,17,19H,1-3,7-8,12H2. The molecule has 1 unspecified atom stereocenters. The molecule has 0 spiro atoms. The number of fused-ring (bicyclic) bond motifs is 1. The molecule has 0 aliphatic heterocycles. The Labute approximate surface area is 124 Å². The number of rotatable bonds is 4. The first-order valence-electron chi connectivity index (χ1n) is 7.47. The molecule has 3 heteroatoms. The highest BCUT2D eigenvalue weighted by Crippen LogP contribution is 2.31. The fourth-order valence-corrected chi connectivity index (χ4v) is 4.14. The quantitative estimate of drug-likeness (QED) is 0.908. The van der Waals surface area contributed by atoms with Gasteiger partial charge in [0.15, 0.2) is 0 Å². The van der Waals surface area contributed by atoms with Crippen molar-refractivity contribution in [3.05, 3.63) is 42.1 Å². The van der Waals surface area contributed by atoms with Crippen molar-refractivity contribution in [2.45, 2.75) is 43.5 Å². The molecule has 106 valence electrons. The molecular weight excluding hydrogens is 266 g/mol. The van der Waals surface area contributed by atoms with E-state index in [0.29, 0.717) is 0 Å². The molecule has 1 atom stereocenters. The summed E-state index contributed by atoms with van der Waals surface area (Å²) in [5, 5.41) is 12.2. The normalized spacial score (nSPS) is 18.2. The summed E-state index contributed by atoms with van der Waals surface area (Å²) in [5.74, 6) is 0.782. The third-order valence-electron chi connectivity index (χ3n) is 4.04. The second-order valence-electron chi connectivity index (χ2n) is 5.57. The van der Waals surface area contributed by atoms with E-state index in [0.717, 1.165) is 27.5 Å². The highest BCUT2D eigenvalue weighted by Gasteiger charge is 2.16. The van der Waals surface area contributed by atoms with E-state index in [2.05, 4.69) is 11.1 Å². The Morgan fingerprint density at radius 3 is 2.85 bits per heavy atom. The van der Waals surface area contributed by atoms with Gasteiger partial charge in [0.2, 0.25) is 0 Å². The molecule has 0 saturated heterocycles. The molecule has 3 rings (SSSR count). The number of nitrogens with zero attached hydrogens (tertiary/aromatic N) is 1. The molecule has 1 aliphatic carbocycles. The Bertz CT molecular complexity index is 566. The molecule has 0 bridgehead atoms. The Kier molecular flexibility index (Phi) is 4.58. The zero-order valence-electron chi connectivity index (χ0n) is 11.7. The molecule has 0 radical (unpaired) electrons. The minimum Gasteiger partial charge on any atom is -0.387 e. The van der Waals surface area contributed by atoms with E-state index in [1.54, 1.807) is 0 Å². The molecular formula is C17H21NOS. The van der Waals surface area contributed by atoms with Crippen molar-refractivity contribution in [2.75, 3.05) is 5.75 Å². The van der Waals surface area contributed by atoms with Crippen molar-refractivity contribution in [3.8, 4) is 0 Å². The van der Waals surface area contributed by atoms with Crippen LogP contribution in [0.3, 0.4) is 0 Å². The first-order chi connectivity index (χ1) is 9.83. The number of para-hydroxylation sites is 1. The van der Waals surface area contributed by atoms with Gasteiger partial charge in [-0.25, -0.2) is 0 Å². The van der Waals surface area contributed by atoms with Crippen molar-refractivity contribution >= 4 is 22.7 Å². The van der Waals surface area contributed by atoms with E-state index < -0.39 is 6.10 Å². The van der Waals surface area contributed by atoms with Gasteiger partial charge in [-0.2, -0.15) is 11.8 Å². The van der Waals surface area contributed by atoms with E-state index in [1.807, 2.05) is 42.2 Å². The highest BCUT2D eigenvalue weighted by molar-refractivity contribution is 7.99. The smallest absolute Gasteiger partial charge is 0.0895 e. The monoisotopic (exact) mass is 287 g/mol. The first-order valence-corrected chi connectivity index (χ1v) is 8.52. The van der Waals surface area contributed by atoms with E-state index in [4.69, 9.17) is 0 Å². The maximum atomic E-state index is 10.3. The summed E-state index contributed by atoms with van der Waals surface area (Å²) < 4.78 is 0. The summed E-state index contributed by atoms with van der Waals surface area (Å²) in [6.07, 6.45) is 8.12. The highest BCUT2D eigenvalue weighted by atomic mass is 32.2. The van der Waals surface area contributed by atoms with Crippen LogP contribution in [0.2, 0.25) is 0 Å². The van der Waals surface area contributed by atoms with Gasteiger partial charge in [-0.15, -0.1) is 0 Å². The lowest BCUT2D eigenvalue weighted by atomic mass is 10.0. The van der Waals surface area contributed by atoms with Crippen molar-refractivity contribution in [1.29, 1.82) is 0 Å². The van der Waals surface area contributed by atoms with Gasteiger partial charge in [-0.05, 0) is 25.0 Å². The topological polar surface area (TPSA) is 33.1 Å². The van der Waals surface area contributed by atoms with Crippen molar-refractivity contribution in [3.63, 3.8) is 0 Å². The summed E-state index contributed by atoms with van der Waals surface area (Å²) in [6, 6.07) is 10.1. The minimum absolute atomic E-state index is 0.404. The average molecular weight is 287 g/mol. The molecule has 0 amide bonds. The number of thioether (sulfide) groups is 1. The van der Waals surface area contributed by atoms with E-state index >= 15 is 0 Å². The molecule has 2 aromatic rings. The van der Waals surface area contributed by atoms with Crippen LogP contribution in [0.1, 0.15) is 43.8 Å². The number of aromatic nitrogens is 1. The number of aliphatic hydroxyl groups is 1. The number of pyridine rings is 1. The maximum absolute atomic E-state index is 10.3. The zero-order chi connectivity index (χ0) is 13.8. The fraction of sp³-hybridized carbons (Fsp3) is 0.471. The van der Waals surface area contributed by atoms with Crippen LogP contribution in [0, 0.1) is 0 Å². The number of aliphatic hydroxyl groups excluding tert-OH is 1. The summed E-state index contributed by atoms with van der Waals surface area (Å²) in [4.78, 5) is 4.43. The molecule has 1 fully saturated rings. The van der Waals surface area contributed by atoms with Gasteiger partial charge in [0.05, 0.1) is 11.6 Å². The number of hydrogen-bond acceptors (Lipinski definition) is 3. The van der Waals surface area contributed by atoms with Gasteiger partial charge >= 0.3 is 0 Å². The Hall–Kier alpha value is -1.06. The van der Waals surface area contributed by atoms with E-state index in [-0.39, 0.29) is 0 Å². The third-order valence-corrected chi connectivity index (χ3v) is 5.49.